The van der Waals surface area contributed by atoms with Crippen LogP contribution in [0.2, 0.25) is 0 Å². The van der Waals surface area contributed by atoms with Gasteiger partial charge in [0.2, 0.25) is 0 Å². The summed E-state index contributed by atoms with van der Waals surface area (Å²) in [4.78, 5) is 6.23. The molecule has 0 unspecified atom stereocenters. The molecular formula is C14H24N2OS. The van der Waals surface area contributed by atoms with Crippen LogP contribution in [0, 0.1) is 5.41 Å². The van der Waals surface area contributed by atoms with Gasteiger partial charge in [-0.25, -0.2) is 4.98 Å². The van der Waals surface area contributed by atoms with Crippen LogP contribution >= 0.6 is 11.3 Å². The van der Waals surface area contributed by atoms with Gasteiger partial charge in [0, 0.05) is 23.9 Å². The predicted octanol–water partition coefficient (Wildman–Crippen LogP) is 3.45. The van der Waals surface area contributed by atoms with E-state index in [0.29, 0.717) is 5.41 Å². The average molecular weight is 268 g/mol. The highest BCUT2D eigenvalue weighted by atomic mass is 32.1. The number of hydrogen-bond acceptors (Lipinski definition) is 4. The minimum atomic E-state index is 0.246. The molecule has 3 nitrogen and oxygen atoms in total. The van der Waals surface area contributed by atoms with E-state index < -0.39 is 0 Å². The molecule has 0 amide bonds. The van der Waals surface area contributed by atoms with Crippen LogP contribution in [0.3, 0.4) is 0 Å². The van der Waals surface area contributed by atoms with E-state index >= 15 is 0 Å². The summed E-state index contributed by atoms with van der Waals surface area (Å²) >= 11 is 1.82. The maximum Gasteiger partial charge on any atom is 0.183 e. The van der Waals surface area contributed by atoms with Crippen molar-refractivity contribution < 1.29 is 4.74 Å². The first-order valence-corrected chi connectivity index (χ1v) is 7.39. The molecule has 0 aliphatic heterocycles. The van der Waals surface area contributed by atoms with Crippen molar-refractivity contribution in [3.8, 4) is 0 Å². The van der Waals surface area contributed by atoms with Gasteiger partial charge in [-0.3, -0.25) is 0 Å². The van der Waals surface area contributed by atoms with Crippen molar-refractivity contribution >= 4 is 16.5 Å². The van der Waals surface area contributed by atoms with Crippen molar-refractivity contribution in [1.82, 2.24) is 4.98 Å². The Balaban J connectivity index is 2.19. The zero-order valence-corrected chi connectivity index (χ0v) is 12.9. The lowest BCUT2D eigenvalue weighted by atomic mass is 9.67. The largest absolute Gasteiger partial charge is 0.383 e. The molecule has 1 aromatic rings. The third-order valence-electron chi connectivity index (χ3n) is 3.46. The van der Waals surface area contributed by atoms with Crippen LogP contribution in [0.1, 0.15) is 44.7 Å². The van der Waals surface area contributed by atoms with Crippen LogP contribution in [0.4, 0.5) is 5.13 Å². The van der Waals surface area contributed by atoms with Gasteiger partial charge >= 0.3 is 0 Å². The Hall–Kier alpha value is -0.610. The molecule has 18 heavy (non-hydrogen) atoms. The Kier molecular flexibility index (Phi) is 3.70. The number of rotatable bonds is 4. The summed E-state index contributed by atoms with van der Waals surface area (Å²) in [6.45, 7) is 10.9. The van der Waals surface area contributed by atoms with Gasteiger partial charge in [-0.15, -0.1) is 11.3 Å². The van der Waals surface area contributed by atoms with Crippen LogP contribution in [0.5, 0.6) is 0 Å². The SMILES string of the molecule is COCCNc1nc2c(s1)C(C)(C)CC(C)(C)C2. The van der Waals surface area contributed by atoms with E-state index in [4.69, 9.17) is 9.72 Å². The normalized spacial score (nSPS) is 20.5. The van der Waals surface area contributed by atoms with Crippen molar-refractivity contribution in [1.29, 1.82) is 0 Å². The first kappa shape index (κ1) is 13.8. The molecule has 0 saturated carbocycles. The molecule has 0 bridgehead atoms. The fourth-order valence-corrected chi connectivity index (χ4v) is 4.24. The number of nitrogens with zero attached hydrogens (tertiary/aromatic N) is 1. The second kappa shape index (κ2) is 4.82. The molecule has 0 aromatic carbocycles. The molecule has 1 heterocycles. The predicted molar refractivity (Wildman–Crippen MR) is 77.6 cm³/mol. The van der Waals surface area contributed by atoms with Gasteiger partial charge in [0.15, 0.2) is 5.13 Å². The van der Waals surface area contributed by atoms with Crippen LogP contribution in [0.15, 0.2) is 0 Å². The molecule has 4 heteroatoms. The first-order valence-electron chi connectivity index (χ1n) is 6.57. The summed E-state index contributed by atoms with van der Waals surface area (Å²) in [5.74, 6) is 0. The Morgan fingerprint density at radius 1 is 1.33 bits per heavy atom. The molecular weight excluding hydrogens is 244 g/mol. The second-order valence-electron chi connectivity index (χ2n) is 6.62. The maximum absolute atomic E-state index is 5.05. The van der Waals surface area contributed by atoms with Gasteiger partial charge in [0.05, 0.1) is 12.3 Å². The molecule has 1 aliphatic rings. The number of aromatic nitrogens is 1. The minimum Gasteiger partial charge on any atom is -0.383 e. The highest BCUT2D eigenvalue weighted by Gasteiger charge is 2.39. The second-order valence-corrected chi connectivity index (χ2v) is 7.62. The van der Waals surface area contributed by atoms with Gasteiger partial charge in [0.1, 0.15) is 0 Å². The van der Waals surface area contributed by atoms with Crippen LogP contribution in [-0.4, -0.2) is 25.2 Å². The molecule has 1 aromatic heterocycles. The topological polar surface area (TPSA) is 34.1 Å². The summed E-state index contributed by atoms with van der Waals surface area (Å²) in [5, 5.41) is 4.39. The Bertz CT molecular complexity index is 423. The summed E-state index contributed by atoms with van der Waals surface area (Å²) < 4.78 is 5.05. The average Bonchev–Trinajstić information content (AvgIpc) is 2.59. The fraction of sp³-hybridized carbons (Fsp3) is 0.786. The molecule has 1 aliphatic carbocycles. The molecule has 0 fully saturated rings. The van der Waals surface area contributed by atoms with Gasteiger partial charge in [0.25, 0.3) is 0 Å². The number of ether oxygens (including phenoxy) is 1. The van der Waals surface area contributed by atoms with Crippen LogP contribution in [-0.2, 0) is 16.6 Å². The first-order chi connectivity index (χ1) is 8.34. The number of hydrogen-bond donors (Lipinski definition) is 1. The smallest absolute Gasteiger partial charge is 0.183 e. The molecule has 1 N–H and O–H groups in total. The van der Waals surface area contributed by atoms with Gasteiger partial charge < -0.3 is 10.1 Å². The highest BCUT2D eigenvalue weighted by Crippen LogP contribution is 2.48. The summed E-state index contributed by atoms with van der Waals surface area (Å²) in [5.41, 5.74) is 1.89. The minimum absolute atomic E-state index is 0.246. The molecule has 0 spiro atoms. The van der Waals surface area contributed by atoms with E-state index in [9.17, 15) is 0 Å². The lowest BCUT2D eigenvalue weighted by molar-refractivity contribution is 0.210. The monoisotopic (exact) mass is 268 g/mol. The number of thiazole rings is 1. The maximum atomic E-state index is 5.05. The summed E-state index contributed by atoms with van der Waals surface area (Å²) in [6, 6.07) is 0. The number of fused-ring (bicyclic) bond motifs is 1. The number of anilines is 1. The molecule has 0 radical (unpaired) electrons. The van der Waals surface area contributed by atoms with E-state index in [1.165, 1.54) is 17.0 Å². The Labute approximate surface area is 114 Å². The van der Waals surface area contributed by atoms with E-state index in [1.807, 2.05) is 11.3 Å². The number of nitrogens with one attached hydrogen (secondary N) is 1. The van der Waals surface area contributed by atoms with Crippen molar-refractivity contribution in [2.45, 2.75) is 46.0 Å². The Morgan fingerprint density at radius 2 is 2.06 bits per heavy atom. The summed E-state index contributed by atoms with van der Waals surface area (Å²) in [6.07, 6.45) is 2.32. The van der Waals surface area contributed by atoms with Crippen molar-refractivity contribution in [3.63, 3.8) is 0 Å². The van der Waals surface area contributed by atoms with Gasteiger partial charge in [-0.05, 0) is 18.3 Å². The molecule has 0 atom stereocenters. The lowest BCUT2D eigenvalue weighted by Crippen LogP contribution is -2.33. The van der Waals surface area contributed by atoms with Crippen molar-refractivity contribution in [2.24, 2.45) is 5.41 Å². The molecule has 0 saturated heterocycles. The zero-order valence-electron chi connectivity index (χ0n) is 12.1. The van der Waals surface area contributed by atoms with Crippen LogP contribution in [0.25, 0.3) is 0 Å². The zero-order chi connectivity index (χ0) is 13.4. The third kappa shape index (κ3) is 2.86. The quantitative estimate of drug-likeness (QED) is 0.849. The van der Waals surface area contributed by atoms with Crippen LogP contribution < -0.4 is 5.32 Å². The van der Waals surface area contributed by atoms with Gasteiger partial charge in [-0.2, -0.15) is 0 Å². The van der Waals surface area contributed by atoms with Gasteiger partial charge in [-0.1, -0.05) is 27.7 Å². The van der Waals surface area contributed by atoms with E-state index in [0.717, 1.165) is 24.7 Å². The van der Waals surface area contributed by atoms with E-state index in [1.54, 1.807) is 7.11 Å². The molecule has 2 rings (SSSR count). The van der Waals surface area contributed by atoms with Crippen molar-refractivity contribution in [2.75, 3.05) is 25.6 Å². The number of methoxy groups -OCH3 is 1. The van der Waals surface area contributed by atoms with E-state index in [-0.39, 0.29) is 5.41 Å². The van der Waals surface area contributed by atoms with E-state index in [2.05, 4.69) is 33.0 Å². The molecule has 102 valence electrons. The standard InChI is InChI=1S/C14H24N2OS/c1-13(2)8-10-11(14(3,4)9-13)18-12(16-10)15-6-7-17-5/h6-9H2,1-5H3,(H,15,16). The fourth-order valence-electron chi connectivity index (χ4n) is 3.13. The lowest BCUT2D eigenvalue weighted by Gasteiger charge is -2.39. The highest BCUT2D eigenvalue weighted by molar-refractivity contribution is 7.15. The third-order valence-corrected chi connectivity index (χ3v) is 4.88. The van der Waals surface area contributed by atoms with Crippen molar-refractivity contribution in [3.05, 3.63) is 10.6 Å². The Morgan fingerprint density at radius 3 is 2.72 bits per heavy atom. The summed E-state index contributed by atoms with van der Waals surface area (Å²) in [7, 11) is 1.72.